The van der Waals surface area contributed by atoms with Crippen molar-refractivity contribution in [2.24, 2.45) is 0 Å². The van der Waals surface area contributed by atoms with Crippen molar-refractivity contribution >= 4 is 34.6 Å². The van der Waals surface area contributed by atoms with Crippen LogP contribution < -0.4 is 5.32 Å². The molecule has 2 rings (SSSR count). The number of nitrogens with one attached hydrogen (secondary N) is 1. The lowest BCUT2D eigenvalue weighted by Gasteiger charge is -2.11. The van der Waals surface area contributed by atoms with Gasteiger partial charge in [0.25, 0.3) is 0 Å². The molecule has 0 aliphatic carbocycles. The molecule has 112 valence electrons. The first-order valence-electron chi connectivity index (χ1n) is 5.70. The van der Waals surface area contributed by atoms with Gasteiger partial charge in [0, 0.05) is 11.4 Å². The van der Waals surface area contributed by atoms with Crippen LogP contribution in [-0.2, 0) is 12.7 Å². The van der Waals surface area contributed by atoms with Gasteiger partial charge in [0.2, 0.25) is 0 Å². The van der Waals surface area contributed by atoms with E-state index < -0.39 is 17.7 Å². The Bertz CT molecular complexity index is 670. The molecule has 0 unspecified atom stereocenters. The number of carboxylic acids is 1. The van der Waals surface area contributed by atoms with Gasteiger partial charge in [0.1, 0.15) is 4.88 Å². The Morgan fingerprint density at radius 1 is 1.29 bits per heavy atom. The van der Waals surface area contributed by atoms with E-state index in [4.69, 9.17) is 16.7 Å². The van der Waals surface area contributed by atoms with Crippen LogP contribution in [-0.4, -0.2) is 11.1 Å². The van der Waals surface area contributed by atoms with Crippen LogP contribution in [0.2, 0.25) is 5.02 Å². The van der Waals surface area contributed by atoms with Gasteiger partial charge in [-0.1, -0.05) is 11.6 Å². The zero-order valence-electron chi connectivity index (χ0n) is 10.4. The highest BCUT2D eigenvalue weighted by Crippen LogP contribution is 2.34. The summed E-state index contributed by atoms with van der Waals surface area (Å²) in [5.41, 5.74) is -0.649. The molecule has 1 aromatic heterocycles. The molecule has 0 saturated carbocycles. The molecule has 21 heavy (non-hydrogen) atoms. The zero-order chi connectivity index (χ0) is 15.6. The molecule has 3 nitrogen and oxygen atoms in total. The highest BCUT2D eigenvalue weighted by Gasteiger charge is 2.30. The second kappa shape index (κ2) is 5.95. The molecular formula is C13H9ClF3NO2S. The van der Waals surface area contributed by atoms with Crippen molar-refractivity contribution in [3.05, 3.63) is 50.7 Å². The number of hydrogen-bond donors (Lipinski definition) is 2. The standard InChI is InChI=1S/C13H9ClF3NO2S/c14-9-3-1-7(13(15,16)17)5-10(9)18-6-8-2-4-11(21-8)12(19)20/h1-5,18H,6H2,(H,19,20). The Balaban J connectivity index is 2.13. The Hall–Kier alpha value is -1.73. The number of rotatable bonds is 4. The summed E-state index contributed by atoms with van der Waals surface area (Å²) in [6.45, 7) is 0.193. The number of benzene rings is 1. The first-order valence-corrected chi connectivity index (χ1v) is 6.89. The fraction of sp³-hybridized carbons (Fsp3) is 0.154. The highest BCUT2D eigenvalue weighted by molar-refractivity contribution is 7.13. The average molecular weight is 336 g/mol. The third kappa shape index (κ3) is 3.89. The minimum absolute atomic E-state index is 0.150. The van der Waals surface area contributed by atoms with Crippen LogP contribution in [0.15, 0.2) is 30.3 Å². The second-order valence-electron chi connectivity index (χ2n) is 4.12. The maximum atomic E-state index is 12.6. The van der Waals surface area contributed by atoms with Crippen LogP contribution in [0.3, 0.4) is 0 Å². The first-order chi connectivity index (χ1) is 9.77. The summed E-state index contributed by atoms with van der Waals surface area (Å²) in [6, 6.07) is 6.04. The molecular weight excluding hydrogens is 327 g/mol. The van der Waals surface area contributed by atoms with Gasteiger partial charge >= 0.3 is 12.1 Å². The van der Waals surface area contributed by atoms with Gasteiger partial charge < -0.3 is 10.4 Å². The summed E-state index contributed by atoms with van der Waals surface area (Å²) in [7, 11) is 0. The topological polar surface area (TPSA) is 49.3 Å². The van der Waals surface area contributed by atoms with Crippen molar-refractivity contribution in [1.29, 1.82) is 0 Å². The number of aromatic carboxylic acids is 1. The number of anilines is 1. The summed E-state index contributed by atoms with van der Waals surface area (Å²) in [5.74, 6) is -1.04. The lowest BCUT2D eigenvalue weighted by atomic mass is 10.2. The molecule has 0 fully saturated rings. The second-order valence-corrected chi connectivity index (χ2v) is 5.69. The molecule has 0 atom stereocenters. The van der Waals surface area contributed by atoms with E-state index in [1.54, 1.807) is 6.07 Å². The summed E-state index contributed by atoms with van der Waals surface area (Å²) in [4.78, 5) is 11.6. The van der Waals surface area contributed by atoms with Gasteiger partial charge in [-0.25, -0.2) is 4.79 Å². The number of alkyl halides is 3. The summed E-state index contributed by atoms with van der Waals surface area (Å²) in [6.07, 6.45) is -4.44. The fourth-order valence-corrected chi connectivity index (χ4v) is 2.58. The van der Waals surface area contributed by atoms with Gasteiger partial charge in [-0.3, -0.25) is 0 Å². The van der Waals surface area contributed by atoms with Crippen LogP contribution in [0.1, 0.15) is 20.1 Å². The van der Waals surface area contributed by atoms with Gasteiger partial charge in [0.15, 0.2) is 0 Å². The molecule has 0 spiro atoms. The largest absolute Gasteiger partial charge is 0.477 e. The highest BCUT2D eigenvalue weighted by atomic mass is 35.5. The number of halogens is 4. The van der Waals surface area contributed by atoms with Crippen molar-refractivity contribution in [2.45, 2.75) is 12.7 Å². The van der Waals surface area contributed by atoms with Crippen molar-refractivity contribution < 1.29 is 23.1 Å². The monoisotopic (exact) mass is 335 g/mol. The molecule has 2 N–H and O–H groups in total. The van der Waals surface area contributed by atoms with Crippen LogP contribution in [0.4, 0.5) is 18.9 Å². The van der Waals surface area contributed by atoms with Crippen LogP contribution >= 0.6 is 22.9 Å². The predicted molar refractivity (Wildman–Crippen MR) is 75.1 cm³/mol. The molecule has 0 bridgehead atoms. The fourth-order valence-electron chi connectivity index (χ4n) is 1.61. The maximum Gasteiger partial charge on any atom is 0.416 e. The smallest absolute Gasteiger partial charge is 0.416 e. The minimum atomic E-state index is -4.44. The van der Waals surface area contributed by atoms with Crippen molar-refractivity contribution in [3.63, 3.8) is 0 Å². The summed E-state index contributed by atoms with van der Waals surface area (Å²) < 4.78 is 37.9. The van der Waals surface area contributed by atoms with Gasteiger partial charge in [-0.15, -0.1) is 11.3 Å². The van der Waals surface area contributed by atoms with Gasteiger partial charge in [-0.05, 0) is 30.3 Å². The molecule has 1 aromatic carbocycles. The molecule has 0 saturated heterocycles. The normalized spacial score (nSPS) is 11.4. The molecule has 2 aromatic rings. The van der Waals surface area contributed by atoms with E-state index in [0.29, 0.717) is 4.88 Å². The minimum Gasteiger partial charge on any atom is -0.477 e. The van der Waals surface area contributed by atoms with Gasteiger partial charge in [0.05, 0.1) is 16.3 Å². The van der Waals surface area contributed by atoms with Crippen LogP contribution in [0.5, 0.6) is 0 Å². The van der Waals surface area contributed by atoms with E-state index in [1.165, 1.54) is 12.1 Å². The number of carboxylic acid groups (broad SMARTS) is 1. The molecule has 8 heteroatoms. The molecule has 0 aliphatic rings. The van der Waals surface area contributed by atoms with E-state index in [9.17, 15) is 18.0 Å². The van der Waals surface area contributed by atoms with Crippen molar-refractivity contribution in [3.8, 4) is 0 Å². The Labute approximate surface area is 127 Å². The molecule has 0 amide bonds. The predicted octanol–water partition coefficient (Wildman–Crippen LogP) is 4.73. The Morgan fingerprint density at radius 2 is 2.00 bits per heavy atom. The molecule has 0 aliphatic heterocycles. The lowest BCUT2D eigenvalue weighted by molar-refractivity contribution is -0.137. The number of hydrogen-bond acceptors (Lipinski definition) is 3. The Kier molecular flexibility index (Phi) is 4.43. The quantitative estimate of drug-likeness (QED) is 0.849. The van der Waals surface area contributed by atoms with Crippen molar-refractivity contribution in [2.75, 3.05) is 5.32 Å². The van der Waals surface area contributed by atoms with E-state index >= 15 is 0 Å². The van der Waals surface area contributed by atoms with Crippen LogP contribution in [0.25, 0.3) is 0 Å². The number of thiophene rings is 1. The molecule has 0 radical (unpaired) electrons. The average Bonchev–Trinajstić information content (AvgIpc) is 2.85. The van der Waals surface area contributed by atoms with Crippen molar-refractivity contribution in [1.82, 2.24) is 0 Å². The SMILES string of the molecule is O=C(O)c1ccc(CNc2cc(C(F)(F)F)ccc2Cl)s1. The third-order valence-corrected chi connectivity index (χ3v) is 4.02. The van der Waals surface area contributed by atoms with E-state index in [1.807, 2.05) is 0 Å². The summed E-state index contributed by atoms with van der Waals surface area (Å²) >= 11 is 6.90. The summed E-state index contributed by atoms with van der Waals surface area (Å²) in [5, 5.41) is 11.7. The number of carbonyl (C=O) groups is 1. The molecule has 1 heterocycles. The zero-order valence-corrected chi connectivity index (χ0v) is 11.9. The lowest BCUT2D eigenvalue weighted by Crippen LogP contribution is -2.06. The van der Waals surface area contributed by atoms with E-state index in [2.05, 4.69) is 5.32 Å². The maximum absolute atomic E-state index is 12.6. The van der Waals surface area contributed by atoms with Gasteiger partial charge in [-0.2, -0.15) is 13.2 Å². The third-order valence-electron chi connectivity index (χ3n) is 2.62. The first kappa shape index (κ1) is 15.7. The Morgan fingerprint density at radius 3 is 2.57 bits per heavy atom. The van der Waals surface area contributed by atoms with Crippen LogP contribution in [0, 0.1) is 0 Å². The van der Waals surface area contributed by atoms with E-state index in [-0.39, 0.29) is 22.1 Å². The van der Waals surface area contributed by atoms with E-state index in [0.717, 1.165) is 23.5 Å².